The van der Waals surface area contributed by atoms with Crippen molar-refractivity contribution in [1.29, 1.82) is 0 Å². The van der Waals surface area contributed by atoms with E-state index in [-0.39, 0.29) is 18.1 Å². The molecule has 2 aliphatic rings. The fourth-order valence-corrected chi connectivity index (χ4v) is 4.94. The number of rotatable bonds is 5. The first-order chi connectivity index (χ1) is 15.4. The number of hydrogen-bond acceptors (Lipinski definition) is 5. The van der Waals surface area contributed by atoms with Gasteiger partial charge in [-0.15, -0.1) is 0 Å². The average molecular weight is 456 g/mol. The largest absolute Gasteiger partial charge is 0.493 e. The third-order valence-electron chi connectivity index (χ3n) is 6.27. The van der Waals surface area contributed by atoms with Crippen LogP contribution in [0.1, 0.15) is 42.7 Å². The number of nitrogens with zero attached hydrogens (tertiary/aromatic N) is 1. The molecule has 0 unspecified atom stereocenters. The fourth-order valence-electron chi connectivity index (χ4n) is 4.78. The molecular weight excluding hydrogens is 430 g/mol. The van der Waals surface area contributed by atoms with Crippen molar-refractivity contribution in [3.63, 3.8) is 0 Å². The minimum atomic E-state index is -0.421. The number of benzene rings is 2. The molecule has 0 spiro atoms. The summed E-state index contributed by atoms with van der Waals surface area (Å²) in [7, 11) is 4.64. The highest BCUT2D eigenvalue weighted by Crippen LogP contribution is 2.50. The number of Topliss-reactive ketones (excluding diaryl/α,β-unsaturated/α-hetero) is 1. The van der Waals surface area contributed by atoms with Crippen LogP contribution in [0.3, 0.4) is 0 Å². The third kappa shape index (κ3) is 3.52. The van der Waals surface area contributed by atoms with Gasteiger partial charge in [0.15, 0.2) is 17.3 Å². The average Bonchev–Trinajstić information content (AvgIpc) is 2.79. The lowest BCUT2D eigenvalue weighted by molar-refractivity contribution is -0.119. The van der Waals surface area contributed by atoms with Crippen molar-refractivity contribution in [1.82, 2.24) is 0 Å². The van der Waals surface area contributed by atoms with Crippen molar-refractivity contribution in [2.45, 2.75) is 38.5 Å². The highest BCUT2D eigenvalue weighted by molar-refractivity contribution is 6.31. The number of allylic oxidation sites excluding steroid dienone is 2. The van der Waals surface area contributed by atoms with E-state index >= 15 is 0 Å². The Morgan fingerprint density at radius 3 is 2.41 bits per heavy atom. The van der Waals surface area contributed by atoms with Crippen molar-refractivity contribution < 1.29 is 23.8 Å². The number of ether oxygens (including phenoxy) is 3. The van der Waals surface area contributed by atoms with Gasteiger partial charge >= 0.3 is 0 Å². The van der Waals surface area contributed by atoms with Crippen LogP contribution in [0.2, 0.25) is 5.02 Å². The van der Waals surface area contributed by atoms with Crippen LogP contribution < -0.4 is 19.1 Å². The lowest BCUT2D eigenvalue weighted by Crippen LogP contribution is -2.41. The number of halogens is 1. The quantitative estimate of drug-likeness (QED) is 0.619. The molecule has 0 N–H and O–H groups in total. The molecule has 0 bridgehead atoms. The van der Waals surface area contributed by atoms with Gasteiger partial charge in [-0.25, -0.2) is 0 Å². The molecular formula is C25H26ClNO5. The molecule has 1 amide bonds. The number of hydrogen-bond donors (Lipinski definition) is 0. The molecule has 1 aliphatic carbocycles. The second-order valence-corrected chi connectivity index (χ2v) is 8.34. The van der Waals surface area contributed by atoms with E-state index in [1.165, 1.54) is 7.11 Å². The van der Waals surface area contributed by atoms with Gasteiger partial charge in [-0.1, -0.05) is 23.7 Å². The van der Waals surface area contributed by atoms with Gasteiger partial charge in [0.25, 0.3) is 0 Å². The van der Waals surface area contributed by atoms with Gasteiger partial charge < -0.3 is 14.2 Å². The molecule has 1 atom stereocenters. The van der Waals surface area contributed by atoms with E-state index in [4.69, 9.17) is 25.8 Å². The predicted octanol–water partition coefficient (Wildman–Crippen LogP) is 5.20. The summed E-state index contributed by atoms with van der Waals surface area (Å²) in [6.07, 6.45) is 1.95. The second-order valence-electron chi connectivity index (χ2n) is 7.93. The molecule has 168 valence electrons. The number of anilines is 1. The van der Waals surface area contributed by atoms with Crippen LogP contribution >= 0.6 is 11.6 Å². The summed E-state index contributed by atoms with van der Waals surface area (Å²) >= 11 is 6.35. The first kappa shape index (κ1) is 22.2. The van der Waals surface area contributed by atoms with E-state index in [0.29, 0.717) is 47.1 Å². The molecule has 2 aromatic rings. The van der Waals surface area contributed by atoms with Gasteiger partial charge in [-0.2, -0.15) is 0 Å². The number of methoxy groups -OCH3 is 3. The summed E-state index contributed by atoms with van der Waals surface area (Å²) in [6.45, 7) is 1.89. The Balaban J connectivity index is 1.93. The first-order valence-corrected chi connectivity index (χ1v) is 10.9. The Kier molecular flexibility index (Phi) is 6.15. The van der Waals surface area contributed by atoms with Crippen molar-refractivity contribution >= 4 is 29.0 Å². The molecule has 1 aliphatic heterocycles. The smallest absolute Gasteiger partial charge is 0.232 e. The topological polar surface area (TPSA) is 65.1 Å². The number of carbonyl (C=O) groups is 2. The Labute approximate surface area is 192 Å². The molecule has 0 saturated carbocycles. The van der Waals surface area contributed by atoms with Gasteiger partial charge in [-0.3, -0.25) is 14.5 Å². The maximum atomic E-state index is 13.5. The molecule has 0 aromatic heterocycles. The summed E-state index contributed by atoms with van der Waals surface area (Å²) in [5, 5.41) is 0.586. The molecule has 0 radical (unpaired) electrons. The Bertz CT molecular complexity index is 1120. The van der Waals surface area contributed by atoms with E-state index in [2.05, 4.69) is 0 Å². The molecule has 2 aromatic carbocycles. The van der Waals surface area contributed by atoms with Crippen LogP contribution in [0.15, 0.2) is 41.6 Å². The zero-order valence-corrected chi connectivity index (χ0v) is 19.4. The minimum absolute atomic E-state index is 0.0604. The zero-order chi connectivity index (χ0) is 23.0. The Morgan fingerprint density at radius 1 is 0.969 bits per heavy atom. The van der Waals surface area contributed by atoms with E-state index in [1.807, 2.05) is 25.1 Å². The van der Waals surface area contributed by atoms with Crippen LogP contribution in [-0.4, -0.2) is 33.0 Å². The highest BCUT2D eigenvalue weighted by Gasteiger charge is 2.41. The minimum Gasteiger partial charge on any atom is -0.493 e. The first-order valence-electron chi connectivity index (χ1n) is 10.6. The van der Waals surface area contributed by atoms with E-state index in [9.17, 15) is 9.59 Å². The van der Waals surface area contributed by atoms with Crippen molar-refractivity contribution in [3.8, 4) is 17.2 Å². The van der Waals surface area contributed by atoms with Crippen molar-refractivity contribution in [3.05, 3.63) is 57.8 Å². The van der Waals surface area contributed by atoms with Gasteiger partial charge in [0.1, 0.15) is 0 Å². The van der Waals surface area contributed by atoms with Crippen LogP contribution in [0.25, 0.3) is 0 Å². The summed E-state index contributed by atoms with van der Waals surface area (Å²) in [5.74, 6) is 1.00. The zero-order valence-electron chi connectivity index (χ0n) is 18.7. The lowest BCUT2D eigenvalue weighted by Gasteiger charge is -2.39. The van der Waals surface area contributed by atoms with Crippen LogP contribution in [0.5, 0.6) is 17.2 Å². The van der Waals surface area contributed by atoms with Gasteiger partial charge in [-0.05, 0) is 43.5 Å². The number of ketones is 1. The molecule has 1 heterocycles. The summed E-state index contributed by atoms with van der Waals surface area (Å²) in [5.41, 5.74) is 3.70. The second kappa shape index (κ2) is 8.87. The Morgan fingerprint density at radius 2 is 1.72 bits per heavy atom. The maximum absolute atomic E-state index is 13.5. The SMILES string of the molecule is COc1ccc([C@@H]2CC(=O)N(c3cccc(Cl)c3C)C3=C2C(=O)CCC3)c(OC)c1OC. The molecule has 32 heavy (non-hydrogen) atoms. The molecule has 7 heteroatoms. The van der Waals surface area contributed by atoms with Crippen LogP contribution in [0, 0.1) is 6.92 Å². The van der Waals surface area contributed by atoms with E-state index in [0.717, 1.165) is 22.5 Å². The molecule has 0 fully saturated rings. The Hall–Kier alpha value is -2.99. The number of amides is 1. The third-order valence-corrected chi connectivity index (χ3v) is 6.67. The summed E-state index contributed by atoms with van der Waals surface area (Å²) in [6, 6.07) is 9.13. The lowest BCUT2D eigenvalue weighted by atomic mass is 9.76. The van der Waals surface area contributed by atoms with Gasteiger partial charge in [0, 0.05) is 40.6 Å². The van der Waals surface area contributed by atoms with Gasteiger partial charge in [0.2, 0.25) is 11.7 Å². The highest BCUT2D eigenvalue weighted by atomic mass is 35.5. The predicted molar refractivity (Wildman–Crippen MR) is 123 cm³/mol. The monoisotopic (exact) mass is 455 g/mol. The van der Waals surface area contributed by atoms with E-state index in [1.54, 1.807) is 31.3 Å². The van der Waals surface area contributed by atoms with Crippen molar-refractivity contribution in [2.75, 3.05) is 26.2 Å². The molecule has 0 saturated heterocycles. The molecule has 6 nitrogen and oxygen atoms in total. The normalized spacial score (nSPS) is 18.5. The van der Waals surface area contributed by atoms with Crippen molar-refractivity contribution in [2.24, 2.45) is 0 Å². The van der Waals surface area contributed by atoms with Crippen LogP contribution in [-0.2, 0) is 9.59 Å². The van der Waals surface area contributed by atoms with Crippen LogP contribution in [0.4, 0.5) is 5.69 Å². The maximum Gasteiger partial charge on any atom is 0.232 e. The molecule has 4 rings (SSSR count). The van der Waals surface area contributed by atoms with Gasteiger partial charge in [0.05, 0.1) is 27.0 Å². The fraction of sp³-hybridized carbons (Fsp3) is 0.360. The number of carbonyl (C=O) groups excluding carboxylic acids is 2. The summed E-state index contributed by atoms with van der Waals surface area (Å²) < 4.78 is 16.6. The van der Waals surface area contributed by atoms with E-state index < -0.39 is 5.92 Å². The summed E-state index contributed by atoms with van der Waals surface area (Å²) in [4.78, 5) is 28.4. The standard InChI is InChI=1S/C25H26ClNO5/c1-14-17(26)7-5-8-18(14)27-19-9-6-10-20(28)23(19)16(13-22(27)29)15-11-12-21(30-2)25(32-4)24(15)31-3/h5,7-8,11-12,16H,6,9-10,13H2,1-4H3/t16-/m0/s1.